The van der Waals surface area contributed by atoms with Crippen molar-refractivity contribution in [3.8, 4) is 5.69 Å². The predicted octanol–water partition coefficient (Wildman–Crippen LogP) is 2.78. The van der Waals surface area contributed by atoms with Gasteiger partial charge in [-0.1, -0.05) is 11.6 Å². The molecule has 0 aliphatic carbocycles. The zero-order valence-corrected chi connectivity index (χ0v) is 14.8. The molecule has 0 spiro atoms. The minimum absolute atomic E-state index is 0.0616. The number of H-pyrrole nitrogens is 1. The van der Waals surface area contributed by atoms with Gasteiger partial charge in [0.15, 0.2) is 0 Å². The number of rotatable bonds is 3. The van der Waals surface area contributed by atoms with E-state index in [1.807, 2.05) is 0 Å². The monoisotopic (exact) mass is 378 g/mol. The highest BCUT2D eigenvalue weighted by atomic mass is 35.5. The molecule has 0 radical (unpaired) electrons. The molecule has 10 heteroatoms. The van der Waals surface area contributed by atoms with Gasteiger partial charge in [0.1, 0.15) is 16.7 Å². The van der Waals surface area contributed by atoms with Crippen molar-refractivity contribution in [3.63, 3.8) is 0 Å². The quantitative estimate of drug-likeness (QED) is 0.561. The first kappa shape index (κ1) is 17.2. The fourth-order valence-corrected chi connectivity index (χ4v) is 2.60. The van der Waals surface area contributed by atoms with Crippen molar-refractivity contribution >= 4 is 30.0 Å². The average molecular weight is 379 g/mol. The summed E-state index contributed by atoms with van der Waals surface area (Å²) in [5.74, 6) is -0.354. The summed E-state index contributed by atoms with van der Waals surface area (Å²) < 4.78 is 15.6. The molecule has 25 heavy (non-hydrogen) atoms. The normalized spacial score (nSPS) is 11.4. The lowest BCUT2D eigenvalue weighted by atomic mass is 10.3. The van der Waals surface area contributed by atoms with Gasteiger partial charge in [-0.15, -0.1) is 0 Å². The fourth-order valence-electron chi connectivity index (χ4n) is 2.10. The summed E-state index contributed by atoms with van der Waals surface area (Å²) in [4.78, 5) is 12.0. The molecule has 3 rings (SSSR count). The zero-order valence-electron chi connectivity index (χ0n) is 13.2. The van der Waals surface area contributed by atoms with Crippen LogP contribution in [0.1, 0.15) is 17.0 Å². The third-order valence-electron chi connectivity index (χ3n) is 3.43. The Labute approximate surface area is 151 Å². The summed E-state index contributed by atoms with van der Waals surface area (Å²) in [6.07, 6.45) is 1.40. The Morgan fingerprint density at radius 3 is 2.64 bits per heavy atom. The van der Waals surface area contributed by atoms with E-state index in [9.17, 15) is 9.18 Å². The molecule has 2 aromatic heterocycles. The molecular weight excluding hydrogens is 367 g/mol. The summed E-state index contributed by atoms with van der Waals surface area (Å²) >= 11 is 11.4. The molecule has 1 N–H and O–H groups in total. The molecule has 7 nitrogen and oxygen atoms in total. The van der Waals surface area contributed by atoms with Gasteiger partial charge in [-0.05, 0) is 50.3 Å². The van der Waals surface area contributed by atoms with Gasteiger partial charge in [0.2, 0.25) is 4.77 Å². The van der Waals surface area contributed by atoms with Crippen LogP contribution in [0.2, 0.25) is 5.15 Å². The standard InChI is InChI=1S/C15H12ClFN6OS/c1-8-12(7-18-23-14(24)9(2)19-20-15(23)25)13(16)22(21-8)11-5-3-10(17)4-6-11/h3-7H,1-2H3,(H,20,25)/b18-7-. The molecule has 128 valence electrons. The molecule has 0 saturated carbocycles. The Kier molecular flexibility index (Phi) is 4.60. The van der Waals surface area contributed by atoms with E-state index in [-0.39, 0.29) is 21.4 Å². The number of nitrogens with zero attached hydrogens (tertiary/aromatic N) is 5. The summed E-state index contributed by atoms with van der Waals surface area (Å²) in [6, 6.07) is 5.74. The third-order valence-corrected chi connectivity index (χ3v) is 4.06. The first-order valence-electron chi connectivity index (χ1n) is 7.12. The molecule has 0 fully saturated rings. The molecule has 0 amide bonds. The van der Waals surface area contributed by atoms with Crippen molar-refractivity contribution in [2.75, 3.05) is 0 Å². The van der Waals surface area contributed by atoms with Crippen molar-refractivity contribution in [2.45, 2.75) is 13.8 Å². The maximum absolute atomic E-state index is 13.1. The molecule has 0 aliphatic heterocycles. The zero-order chi connectivity index (χ0) is 18.1. The SMILES string of the molecule is Cc1nn(-c2ccc(F)cc2)c(Cl)c1/C=N\n1c(=S)[nH]nc(C)c1=O. The van der Waals surface area contributed by atoms with E-state index in [4.69, 9.17) is 23.8 Å². The maximum Gasteiger partial charge on any atom is 0.296 e. The van der Waals surface area contributed by atoms with Gasteiger partial charge in [-0.2, -0.15) is 20.0 Å². The molecule has 3 aromatic rings. The summed E-state index contributed by atoms with van der Waals surface area (Å²) in [5, 5.41) is 15.0. The second-order valence-corrected chi connectivity index (χ2v) is 5.90. The molecule has 2 heterocycles. The fraction of sp³-hybridized carbons (Fsp3) is 0.133. The van der Waals surface area contributed by atoms with E-state index >= 15 is 0 Å². The summed E-state index contributed by atoms with van der Waals surface area (Å²) in [6.45, 7) is 3.29. The van der Waals surface area contributed by atoms with E-state index in [0.717, 1.165) is 4.68 Å². The number of benzene rings is 1. The Bertz CT molecular complexity index is 1080. The second-order valence-electron chi connectivity index (χ2n) is 5.15. The topological polar surface area (TPSA) is 80.9 Å². The van der Waals surface area contributed by atoms with E-state index in [0.29, 0.717) is 16.9 Å². The predicted molar refractivity (Wildman–Crippen MR) is 94.7 cm³/mol. The van der Waals surface area contributed by atoms with E-state index in [1.54, 1.807) is 26.0 Å². The van der Waals surface area contributed by atoms with E-state index in [1.165, 1.54) is 23.0 Å². The minimum Gasteiger partial charge on any atom is -0.265 e. The number of hydrogen-bond acceptors (Lipinski definition) is 5. The lowest BCUT2D eigenvalue weighted by Gasteiger charge is -2.02. The van der Waals surface area contributed by atoms with Crippen LogP contribution in [0.25, 0.3) is 5.69 Å². The summed E-state index contributed by atoms with van der Waals surface area (Å²) in [5.41, 5.74) is 1.51. The average Bonchev–Trinajstić information content (AvgIpc) is 2.87. The van der Waals surface area contributed by atoms with Gasteiger partial charge in [-0.25, -0.2) is 9.07 Å². The number of hydrogen-bond donors (Lipinski definition) is 1. The van der Waals surface area contributed by atoms with Crippen LogP contribution in [-0.2, 0) is 0 Å². The third kappa shape index (κ3) is 3.28. The number of aromatic nitrogens is 5. The second kappa shape index (κ2) is 6.69. The van der Waals surface area contributed by atoms with Gasteiger partial charge >= 0.3 is 0 Å². The van der Waals surface area contributed by atoms with Gasteiger partial charge < -0.3 is 0 Å². The minimum atomic E-state index is -0.431. The van der Waals surface area contributed by atoms with Crippen LogP contribution >= 0.6 is 23.8 Å². The molecule has 0 aliphatic rings. The van der Waals surface area contributed by atoms with Gasteiger partial charge in [0.25, 0.3) is 5.56 Å². The molecule has 0 atom stereocenters. The Morgan fingerprint density at radius 1 is 1.28 bits per heavy atom. The lowest BCUT2D eigenvalue weighted by Crippen LogP contribution is -2.22. The Morgan fingerprint density at radius 2 is 1.96 bits per heavy atom. The molecule has 0 saturated heterocycles. The van der Waals surface area contributed by atoms with Crippen LogP contribution in [0.5, 0.6) is 0 Å². The van der Waals surface area contributed by atoms with Crippen LogP contribution < -0.4 is 5.56 Å². The van der Waals surface area contributed by atoms with Crippen LogP contribution in [-0.4, -0.2) is 30.9 Å². The molecular formula is C15H12ClFN6OS. The first-order chi connectivity index (χ1) is 11.9. The highest BCUT2D eigenvalue weighted by Gasteiger charge is 2.13. The highest BCUT2D eigenvalue weighted by Crippen LogP contribution is 2.22. The van der Waals surface area contributed by atoms with E-state index < -0.39 is 5.56 Å². The smallest absolute Gasteiger partial charge is 0.265 e. The Hall–Kier alpha value is -2.65. The van der Waals surface area contributed by atoms with Crippen LogP contribution in [0, 0.1) is 24.4 Å². The lowest BCUT2D eigenvalue weighted by molar-refractivity contribution is 0.627. The number of halogens is 2. The molecule has 0 bridgehead atoms. The van der Waals surface area contributed by atoms with Crippen molar-refractivity contribution in [3.05, 3.63) is 67.3 Å². The maximum atomic E-state index is 13.1. The van der Waals surface area contributed by atoms with Gasteiger partial charge in [-0.3, -0.25) is 9.89 Å². The van der Waals surface area contributed by atoms with Crippen LogP contribution in [0.15, 0.2) is 34.2 Å². The van der Waals surface area contributed by atoms with Crippen molar-refractivity contribution in [1.82, 2.24) is 24.7 Å². The number of aryl methyl sites for hydroxylation is 2. The molecule has 1 aromatic carbocycles. The van der Waals surface area contributed by atoms with Gasteiger partial charge in [0.05, 0.1) is 23.2 Å². The van der Waals surface area contributed by atoms with Gasteiger partial charge in [0, 0.05) is 0 Å². The summed E-state index contributed by atoms with van der Waals surface area (Å²) in [7, 11) is 0. The van der Waals surface area contributed by atoms with E-state index in [2.05, 4.69) is 20.4 Å². The Balaban J connectivity index is 2.05. The van der Waals surface area contributed by atoms with Crippen LogP contribution in [0.3, 0.4) is 0 Å². The molecule has 0 unspecified atom stereocenters. The van der Waals surface area contributed by atoms with Crippen molar-refractivity contribution < 1.29 is 4.39 Å². The highest BCUT2D eigenvalue weighted by molar-refractivity contribution is 7.71. The van der Waals surface area contributed by atoms with Crippen molar-refractivity contribution in [2.24, 2.45) is 5.10 Å². The van der Waals surface area contributed by atoms with Crippen LogP contribution in [0.4, 0.5) is 4.39 Å². The van der Waals surface area contributed by atoms with Crippen molar-refractivity contribution in [1.29, 1.82) is 0 Å². The first-order valence-corrected chi connectivity index (χ1v) is 7.91. The number of aromatic amines is 1. The largest absolute Gasteiger partial charge is 0.296 e. The number of nitrogens with one attached hydrogen (secondary N) is 1.